The summed E-state index contributed by atoms with van der Waals surface area (Å²) >= 11 is 0. The highest BCUT2D eigenvalue weighted by Gasteiger charge is 2.40. The van der Waals surface area contributed by atoms with E-state index in [1.165, 1.54) is 4.31 Å². The van der Waals surface area contributed by atoms with Crippen LogP contribution in [0.3, 0.4) is 0 Å². The fourth-order valence-corrected chi connectivity index (χ4v) is 6.44. The predicted molar refractivity (Wildman–Crippen MR) is 141 cm³/mol. The second kappa shape index (κ2) is 10.9. The van der Waals surface area contributed by atoms with Crippen molar-refractivity contribution < 1.29 is 23.1 Å². The normalized spacial score (nSPS) is 18.5. The Labute approximate surface area is 223 Å². The average Bonchev–Trinajstić information content (AvgIpc) is 3.30. The first-order valence-electron chi connectivity index (χ1n) is 12.7. The summed E-state index contributed by atoms with van der Waals surface area (Å²) in [5, 5.41) is 18.1. The number of hydrogen-bond acceptors (Lipinski definition) is 7. The van der Waals surface area contributed by atoms with Gasteiger partial charge in [0, 0.05) is 25.8 Å². The SMILES string of the molecule is CCn1cc(CO[C@H](c2ccc(C)c(CN3C[C@@H](C)Cc4ncccc4S3(=O)=O)c2)C(C)(C)C(=O)O)nn1. The van der Waals surface area contributed by atoms with Crippen molar-refractivity contribution in [2.75, 3.05) is 6.54 Å². The van der Waals surface area contributed by atoms with Gasteiger partial charge < -0.3 is 9.84 Å². The molecule has 0 saturated heterocycles. The van der Waals surface area contributed by atoms with Crippen LogP contribution in [-0.2, 0) is 45.7 Å². The molecule has 10 nitrogen and oxygen atoms in total. The molecule has 0 saturated carbocycles. The number of fused-ring (bicyclic) bond motifs is 1. The van der Waals surface area contributed by atoms with Crippen molar-refractivity contribution in [3.05, 3.63) is 70.8 Å². The van der Waals surface area contributed by atoms with Crippen LogP contribution in [0.25, 0.3) is 0 Å². The Hall–Kier alpha value is -3.15. The number of ether oxygens (including phenoxy) is 1. The van der Waals surface area contributed by atoms with E-state index < -0.39 is 27.5 Å². The molecule has 0 radical (unpaired) electrons. The summed E-state index contributed by atoms with van der Waals surface area (Å²) in [6.45, 7) is 10.4. The number of nitrogens with zero attached hydrogens (tertiary/aromatic N) is 5. The lowest BCUT2D eigenvalue weighted by Gasteiger charge is -2.31. The van der Waals surface area contributed by atoms with E-state index in [0.29, 0.717) is 36.5 Å². The Morgan fingerprint density at radius 3 is 2.74 bits per heavy atom. The third-order valence-electron chi connectivity index (χ3n) is 7.06. The molecule has 4 rings (SSSR count). The minimum absolute atomic E-state index is 0.0861. The van der Waals surface area contributed by atoms with Gasteiger partial charge in [-0.05, 0) is 68.9 Å². The zero-order chi connectivity index (χ0) is 27.7. The monoisotopic (exact) mass is 541 g/mol. The van der Waals surface area contributed by atoms with E-state index in [2.05, 4.69) is 15.3 Å². The summed E-state index contributed by atoms with van der Waals surface area (Å²) in [5.41, 5.74) is 2.28. The largest absolute Gasteiger partial charge is 0.481 e. The number of carboxylic acids is 1. The molecule has 1 aromatic carbocycles. The lowest BCUT2D eigenvalue weighted by atomic mass is 9.81. The minimum atomic E-state index is -3.76. The zero-order valence-corrected chi connectivity index (χ0v) is 23.3. The lowest BCUT2D eigenvalue weighted by Crippen LogP contribution is -2.34. The molecular weight excluding hydrogens is 506 g/mol. The van der Waals surface area contributed by atoms with Crippen LogP contribution in [0, 0.1) is 18.3 Å². The summed E-state index contributed by atoms with van der Waals surface area (Å²) in [6, 6.07) is 8.85. The summed E-state index contributed by atoms with van der Waals surface area (Å²) < 4.78 is 36.6. The van der Waals surface area contributed by atoms with E-state index in [0.717, 1.165) is 11.1 Å². The third kappa shape index (κ3) is 5.64. The molecule has 1 N–H and O–H groups in total. The van der Waals surface area contributed by atoms with Crippen LogP contribution in [0.15, 0.2) is 47.6 Å². The number of aliphatic carboxylic acids is 1. The van der Waals surface area contributed by atoms with Crippen LogP contribution in [0.2, 0.25) is 0 Å². The number of pyridine rings is 1. The van der Waals surface area contributed by atoms with Gasteiger partial charge in [-0.1, -0.05) is 30.3 Å². The quantitative estimate of drug-likeness (QED) is 0.434. The van der Waals surface area contributed by atoms with Crippen molar-refractivity contribution >= 4 is 16.0 Å². The van der Waals surface area contributed by atoms with Gasteiger partial charge in [0.1, 0.15) is 10.6 Å². The van der Waals surface area contributed by atoms with E-state index in [9.17, 15) is 18.3 Å². The highest BCUT2D eigenvalue weighted by molar-refractivity contribution is 7.89. The number of aromatic nitrogens is 4. The summed E-state index contributed by atoms with van der Waals surface area (Å²) in [6.07, 6.45) is 3.16. The first-order valence-corrected chi connectivity index (χ1v) is 14.1. The van der Waals surface area contributed by atoms with Gasteiger partial charge in [0.25, 0.3) is 0 Å². The Kier molecular flexibility index (Phi) is 8.01. The Bertz CT molecular complexity index is 1420. The van der Waals surface area contributed by atoms with Gasteiger partial charge in [-0.3, -0.25) is 14.5 Å². The second-order valence-electron chi connectivity index (χ2n) is 10.5. The molecule has 3 heterocycles. The molecule has 0 bridgehead atoms. The maximum Gasteiger partial charge on any atom is 0.312 e. The van der Waals surface area contributed by atoms with Crippen molar-refractivity contribution in [2.45, 2.75) is 71.7 Å². The van der Waals surface area contributed by atoms with Crippen LogP contribution in [0.4, 0.5) is 0 Å². The highest BCUT2D eigenvalue weighted by atomic mass is 32.2. The van der Waals surface area contributed by atoms with E-state index in [1.807, 2.05) is 39.0 Å². The van der Waals surface area contributed by atoms with Crippen LogP contribution in [0.1, 0.15) is 61.9 Å². The van der Waals surface area contributed by atoms with Crippen molar-refractivity contribution in [3.63, 3.8) is 0 Å². The Morgan fingerprint density at radius 1 is 1.29 bits per heavy atom. The molecular formula is C27H35N5O5S. The second-order valence-corrected chi connectivity index (χ2v) is 12.4. The Morgan fingerprint density at radius 2 is 2.05 bits per heavy atom. The number of rotatable bonds is 9. The topological polar surface area (TPSA) is 128 Å². The molecule has 204 valence electrons. The first-order chi connectivity index (χ1) is 17.9. The molecule has 2 aromatic heterocycles. The predicted octanol–water partition coefficient (Wildman–Crippen LogP) is 3.75. The molecule has 0 unspecified atom stereocenters. The smallest absolute Gasteiger partial charge is 0.312 e. The van der Waals surface area contributed by atoms with Crippen molar-refractivity contribution in [3.8, 4) is 0 Å². The van der Waals surface area contributed by atoms with Crippen LogP contribution < -0.4 is 0 Å². The van der Waals surface area contributed by atoms with Crippen molar-refractivity contribution in [1.29, 1.82) is 0 Å². The molecule has 0 fully saturated rings. The van der Waals surface area contributed by atoms with Gasteiger partial charge in [0.15, 0.2) is 0 Å². The number of hydrogen-bond donors (Lipinski definition) is 1. The Balaban J connectivity index is 1.67. The highest BCUT2D eigenvalue weighted by Crippen LogP contribution is 2.39. The summed E-state index contributed by atoms with van der Waals surface area (Å²) in [7, 11) is -3.76. The molecule has 2 atom stereocenters. The minimum Gasteiger partial charge on any atom is -0.481 e. The van der Waals surface area contributed by atoms with Crippen LogP contribution in [-0.4, -0.2) is 50.3 Å². The van der Waals surface area contributed by atoms with E-state index in [4.69, 9.17) is 4.74 Å². The van der Waals surface area contributed by atoms with Crippen molar-refractivity contribution in [1.82, 2.24) is 24.3 Å². The number of benzene rings is 1. The molecule has 1 aliphatic heterocycles. The molecule has 0 spiro atoms. The first kappa shape index (κ1) is 27.9. The van der Waals surface area contributed by atoms with Gasteiger partial charge in [0.05, 0.1) is 30.0 Å². The van der Waals surface area contributed by atoms with E-state index in [1.54, 1.807) is 43.1 Å². The van der Waals surface area contributed by atoms with Gasteiger partial charge in [-0.2, -0.15) is 4.31 Å². The number of carbonyl (C=O) groups is 1. The molecule has 3 aromatic rings. The average molecular weight is 542 g/mol. The molecule has 11 heteroatoms. The maximum absolute atomic E-state index is 13.6. The van der Waals surface area contributed by atoms with Crippen LogP contribution in [0.5, 0.6) is 0 Å². The van der Waals surface area contributed by atoms with Gasteiger partial charge in [0.2, 0.25) is 10.0 Å². The summed E-state index contributed by atoms with van der Waals surface area (Å²) in [4.78, 5) is 16.8. The maximum atomic E-state index is 13.6. The third-order valence-corrected chi connectivity index (χ3v) is 8.95. The van der Waals surface area contributed by atoms with Crippen LogP contribution >= 0.6 is 0 Å². The fourth-order valence-electron chi connectivity index (χ4n) is 4.72. The van der Waals surface area contributed by atoms with E-state index >= 15 is 0 Å². The standard InChI is InChI=1S/C27H35N5O5S/c1-6-31-16-22(29-30-31)17-37-25(27(4,5)26(33)34)20-10-9-19(3)21(13-20)15-32-14-18(2)12-23-24(38(32,35)36)8-7-11-28-23/h7-11,13,16,18,25H,6,12,14-15,17H2,1-5H3,(H,33,34)/t18-,25+/m0/s1. The van der Waals surface area contributed by atoms with E-state index in [-0.39, 0.29) is 24.0 Å². The van der Waals surface area contributed by atoms with Gasteiger partial charge in [-0.15, -0.1) is 5.10 Å². The lowest BCUT2D eigenvalue weighted by molar-refractivity contribution is -0.158. The zero-order valence-electron chi connectivity index (χ0n) is 22.5. The molecule has 1 aliphatic rings. The van der Waals surface area contributed by atoms with Gasteiger partial charge in [-0.25, -0.2) is 8.42 Å². The molecule has 38 heavy (non-hydrogen) atoms. The molecule has 0 aliphatic carbocycles. The van der Waals surface area contributed by atoms with Crippen molar-refractivity contribution in [2.24, 2.45) is 11.3 Å². The fraction of sp³-hybridized carbons (Fsp3) is 0.481. The van der Waals surface area contributed by atoms with Gasteiger partial charge >= 0.3 is 5.97 Å². The number of carboxylic acid groups (broad SMARTS) is 1. The summed E-state index contributed by atoms with van der Waals surface area (Å²) in [5.74, 6) is -0.919. The number of aryl methyl sites for hydroxylation is 2. The number of sulfonamides is 1. The molecule has 0 amide bonds.